The Hall–Kier alpha value is -2.10. The number of likely N-dealkylation sites (N-methyl/N-ethyl adjacent to an activating group) is 1. The molecule has 1 aromatic heterocycles. The number of fused-ring (bicyclic) bond motifs is 1. The molecule has 0 saturated heterocycles. The molecule has 1 aromatic carbocycles. The van der Waals surface area contributed by atoms with Crippen molar-refractivity contribution in [2.45, 2.75) is 26.8 Å². The van der Waals surface area contributed by atoms with Crippen LogP contribution in [-0.2, 0) is 4.79 Å². The number of aromatic nitrogens is 1. The van der Waals surface area contributed by atoms with E-state index in [1.165, 1.54) is 0 Å². The molecule has 4 nitrogen and oxygen atoms in total. The van der Waals surface area contributed by atoms with Gasteiger partial charge in [0.1, 0.15) is 11.9 Å². The van der Waals surface area contributed by atoms with Crippen LogP contribution in [0.3, 0.4) is 0 Å². The Morgan fingerprint density at radius 2 is 2.10 bits per heavy atom. The van der Waals surface area contributed by atoms with Gasteiger partial charge in [-0.2, -0.15) is 0 Å². The van der Waals surface area contributed by atoms with E-state index in [1.807, 2.05) is 45.0 Å². The first-order chi connectivity index (χ1) is 9.52. The van der Waals surface area contributed by atoms with Crippen molar-refractivity contribution in [3.8, 4) is 0 Å². The summed E-state index contributed by atoms with van der Waals surface area (Å²) in [5, 5.41) is 4.33. The topological polar surface area (TPSA) is 45.2 Å². The Morgan fingerprint density at radius 1 is 1.40 bits per heavy atom. The molecule has 0 radical (unpaired) electrons. The van der Waals surface area contributed by atoms with Crippen LogP contribution in [0.5, 0.6) is 0 Å². The number of benzene rings is 1. The number of pyridine rings is 1. The summed E-state index contributed by atoms with van der Waals surface area (Å²) in [6, 6.07) is 9.79. The number of carbonyl (C=O) groups is 1. The molecular weight excluding hydrogens is 250 g/mol. The van der Waals surface area contributed by atoms with E-state index in [4.69, 9.17) is 0 Å². The standard InChI is InChI=1S/C16H21N3O/c1-5-19(4)16(20)12(3)17-15-11(2)10-13-8-6-7-9-14(13)18-15/h6-10,12H,5H2,1-4H3,(H,17,18). The summed E-state index contributed by atoms with van der Waals surface area (Å²) < 4.78 is 0. The normalized spacial score (nSPS) is 12.2. The zero-order valence-corrected chi connectivity index (χ0v) is 12.5. The van der Waals surface area contributed by atoms with Crippen LogP contribution >= 0.6 is 0 Å². The number of nitrogens with zero attached hydrogens (tertiary/aromatic N) is 2. The monoisotopic (exact) mass is 271 g/mol. The zero-order valence-electron chi connectivity index (χ0n) is 12.5. The van der Waals surface area contributed by atoms with Gasteiger partial charge in [-0.3, -0.25) is 4.79 Å². The molecule has 0 spiro atoms. The molecule has 20 heavy (non-hydrogen) atoms. The van der Waals surface area contributed by atoms with Gasteiger partial charge >= 0.3 is 0 Å². The van der Waals surface area contributed by atoms with E-state index >= 15 is 0 Å². The van der Waals surface area contributed by atoms with Crippen molar-refractivity contribution in [2.24, 2.45) is 0 Å². The highest BCUT2D eigenvalue weighted by Gasteiger charge is 2.17. The van der Waals surface area contributed by atoms with Crippen molar-refractivity contribution in [1.82, 2.24) is 9.88 Å². The van der Waals surface area contributed by atoms with Crippen molar-refractivity contribution < 1.29 is 4.79 Å². The molecule has 1 unspecified atom stereocenters. The summed E-state index contributed by atoms with van der Waals surface area (Å²) in [4.78, 5) is 18.4. The van der Waals surface area contributed by atoms with Gasteiger partial charge in [0.15, 0.2) is 0 Å². The summed E-state index contributed by atoms with van der Waals surface area (Å²) in [6.45, 7) is 6.53. The Bertz CT molecular complexity index is 624. The molecule has 1 heterocycles. The Kier molecular flexibility index (Phi) is 4.23. The minimum Gasteiger partial charge on any atom is -0.358 e. The molecule has 1 amide bonds. The van der Waals surface area contributed by atoms with Gasteiger partial charge in [-0.25, -0.2) is 4.98 Å². The maximum absolute atomic E-state index is 12.1. The smallest absolute Gasteiger partial charge is 0.244 e. The van der Waals surface area contributed by atoms with E-state index in [-0.39, 0.29) is 11.9 Å². The lowest BCUT2D eigenvalue weighted by Crippen LogP contribution is -2.39. The molecule has 0 bridgehead atoms. The maximum atomic E-state index is 12.1. The van der Waals surface area contributed by atoms with E-state index in [2.05, 4.69) is 16.4 Å². The van der Waals surface area contributed by atoms with Crippen molar-refractivity contribution >= 4 is 22.6 Å². The molecule has 4 heteroatoms. The molecule has 0 aliphatic heterocycles. The van der Waals surface area contributed by atoms with Gasteiger partial charge in [-0.05, 0) is 38.5 Å². The molecule has 1 atom stereocenters. The molecule has 0 aliphatic rings. The molecule has 2 aromatic rings. The fraction of sp³-hybridized carbons (Fsp3) is 0.375. The van der Waals surface area contributed by atoms with Crippen LogP contribution in [0.2, 0.25) is 0 Å². The summed E-state index contributed by atoms with van der Waals surface area (Å²) in [5.41, 5.74) is 1.98. The molecule has 106 valence electrons. The van der Waals surface area contributed by atoms with Crippen molar-refractivity contribution in [3.63, 3.8) is 0 Å². The van der Waals surface area contributed by atoms with Crippen LogP contribution in [0, 0.1) is 6.92 Å². The van der Waals surface area contributed by atoms with E-state index < -0.39 is 0 Å². The average Bonchev–Trinajstić information content (AvgIpc) is 2.46. The number of aryl methyl sites for hydroxylation is 1. The predicted molar refractivity (Wildman–Crippen MR) is 82.9 cm³/mol. The fourth-order valence-corrected chi connectivity index (χ4v) is 2.12. The van der Waals surface area contributed by atoms with Gasteiger partial charge in [0.25, 0.3) is 0 Å². The molecule has 2 rings (SSSR count). The van der Waals surface area contributed by atoms with Crippen LogP contribution in [0.1, 0.15) is 19.4 Å². The number of hydrogen-bond donors (Lipinski definition) is 1. The van der Waals surface area contributed by atoms with Gasteiger partial charge in [-0.1, -0.05) is 18.2 Å². The number of rotatable bonds is 4. The number of hydrogen-bond acceptors (Lipinski definition) is 3. The Morgan fingerprint density at radius 3 is 2.80 bits per heavy atom. The largest absolute Gasteiger partial charge is 0.358 e. The summed E-state index contributed by atoms with van der Waals surface area (Å²) in [6.07, 6.45) is 0. The third-order valence-electron chi connectivity index (χ3n) is 3.49. The Labute approximate surface area is 119 Å². The van der Waals surface area contributed by atoms with Crippen LogP contribution in [0.15, 0.2) is 30.3 Å². The lowest BCUT2D eigenvalue weighted by molar-refractivity contribution is -0.130. The first-order valence-electron chi connectivity index (χ1n) is 6.90. The van der Waals surface area contributed by atoms with Crippen molar-refractivity contribution in [1.29, 1.82) is 0 Å². The quantitative estimate of drug-likeness (QED) is 0.930. The molecular formula is C16H21N3O. The van der Waals surface area contributed by atoms with E-state index in [0.717, 1.165) is 22.3 Å². The molecule has 1 N–H and O–H groups in total. The van der Waals surface area contributed by atoms with Gasteiger partial charge < -0.3 is 10.2 Å². The maximum Gasteiger partial charge on any atom is 0.244 e. The first kappa shape index (κ1) is 14.3. The van der Waals surface area contributed by atoms with Crippen LogP contribution in [0.4, 0.5) is 5.82 Å². The van der Waals surface area contributed by atoms with Gasteiger partial charge in [0.05, 0.1) is 5.52 Å². The van der Waals surface area contributed by atoms with Gasteiger partial charge in [0.2, 0.25) is 5.91 Å². The number of nitrogens with one attached hydrogen (secondary N) is 1. The van der Waals surface area contributed by atoms with Crippen molar-refractivity contribution in [2.75, 3.05) is 18.9 Å². The number of para-hydroxylation sites is 1. The highest BCUT2D eigenvalue weighted by Crippen LogP contribution is 2.20. The third kappa shape index (κ3) is 2.90. The minimum atomic E-state index is -0.285. The highest BCUT2D eigenvalue weighted by molar-refractivity contribution is 5.85. The average molecular weight is 271 g/mol. The van der Waals surface area contributed by atoms with Gasteiger partial charge in [-0.15, -0.1) is 0 Å². The fourth-order valence-electron chi connectivity index (χ4n) is 2.12. The molecule has 0 aliphatic carbocycles. The Balaban J connectivity index is 2.25. The lowest BCUT2D eigenvalue weighted by atomic mass is 10.1. The zero-order chi connectivity index (χ0) is 14.7. The first-order valence-corrected chi connectivity index (χ1v) is 6.90. The van der Waals surface area contributed by atoms with E-state index in [9.17, 15) is 4.79 Å². The summed E-state index contributed by atoms with van der Waals surface area (Å²) in [7, 11) is 1.81. The number of amides is 1. The van der Waals surface area contributed by atoms with E-state index in [0.29, 0.717) is 6.54 Å². The number of anilines is 1. The SMILES string of the molecule is CCN(C)C(=O)C(C)Nc1nc2ccccc2cc1C. The molecule has 0 fully saturated rings. The highest BCUT2D eigenvalue weighted by atomic mass is 16.2. The minimum absolute atomic E-state index is 0.0712. The van der Waals surface area contributed by atoms with Crippen LogP contribution in [-0.4, -0.2) is 35.4 Å². The van der Waals surface area contributed by atoms with E-state index in [1.54, 1.807) is 11.9 Å². The second-order valence-electron chi connectivity index (χ2n) is 5.07. The summed E-state index contributed by atoms with van der Waals surface area (Å²) >= 11 is 0. The second kappa shape index (κ2) is 5.90. The molecule has 0 saturated carbocycles. The lowest BCUT2D eigenvalue weighted by Gasteiger charge is -2.21. The predicted octanol–water partition coefficient (Wildman–Crippen LogP) is 2.82. The van der Waals surface area contributed by atoms with Crippen LogP contribution in [0.25, 0.3) is 10.9 Å². The van der Waals surface area contributed by atoms with Gasteiger partial charge in [0, 0.05) is 19.0 Å². The second-order valence-corrected chi connectivity index (χ2v) is 5.07. The third-order valence-corrected chi connectivity index (χ3v) is 3.49. The number of carbonyl (C=O) groups excluding carboxylic acids is 1. The summed E-state index contributed by atoms with van der Waals surface area (Å²) in [5.74, 6) is 0.843. The van der Waals surface area contributed by atoms with Crippen molar-refractivity contribution in [3.05, 3.63) is 35.9 Å². The van der Waals surface area contributed by atoms with Crippen LogP contribution < -0.4 is 5.32 Å².